The van der Waals surface area contributed by atoms with Gasteiger partial charge in [-0.25, -0.2) is 0 Å². The Labute approximate surface area is 35.9 Å². The van der Waals surface area contributed by atoms with Crippen LogP contribution in [0.1, 0.15) is 0 Å². The molecule has 0 unspecified atom stereocenters. The van der Waals surface area contributed by atoms with Crippen molar-refractivity contribution in [3.8, 4) is 0 Å². The second-order valence-electron chi connectivity index (χ2n) is 1.02. The predicted molar refractivity (Wildman–Crippen MR) is 20.2 cm³/mol. The average Bonchev–Trinajstić information content (AvgIpc) is 1.65. The van der Waals surface area contributed by atoms with Gasteiger partial charge in [-0.2, -0.15) is 0 Å². The molecule has 3 N–H and O–H groups in total. The second-order valence-corrected chi connectivity index (χ2v) is 1.02. The van der Waals surface area contributed by atoms with Gasteiger partial charge >= 0.3 is 0 Å². The highest BCUT2D eigenvalue weighted by Crippen LogP contribution is 1.71. The van der Waals surface area contributed by atoms with Crippen molar-refractivity contribution < 1.29 is 15.3 Å². The summed E-state index contributed by atoms with van der Waals surface area (Å²) in [6, 6.07) is 0. The Hall–Kier alpha value is -0.120. The van der Waals surface area contributed by atoms with E-state index in [9.17, 15) is 0 Å². The Kier molecular flexibility index (Phi) is 3.02. The molecule has 0 heterocycles. The first kappa shape index (κ1) is 5.88. The minimum absolute atomic E-state index is 0.365. The Morgan fingerprint density at radius 2 is 1.50 bits per heavy atom. The maximum absolute atomic E-state index is 8.17. The Morgan fingerprint density at radius 1 is 1.17 bits per heavy atom. The van der Waals surface area contributed by atoms with E-state index in [1.807, 2.05) is 0 Å². The topological polar surface area (TPSA) is 60.7 Å². The molecule has 0 aromatic carbocycles. The molecular weight excluding hydrogens is 88.0 g/mol. The predicted octanol–water partition coefficient (Wildman–Crippen LogP) is -1.67. The second kappa shape index (κ2) is 3.08. The first-order valence-electron chi connectivity index (χ1n) is 1.71. The highest BCUT2D eigenvalue weighted by molar-refractivity contribution is 4.43. The van der Waals surface area contributed by atoms with Gasteiger partial charge in [0.2, 0.25) is 0 Å². The van der Waals surface area contributed by atoms with Gasteiger partial charge in [-0.05, 0) is 0 Å². The van der Waals surface area contributed by atoms with E-state index in [1.165, 1.54) is 0 Å². The van der Waals surface area contributed by atoms with Crippen molar-refractivity contribution >= 4 is 0 Å². The third kappa shape index (κ3) is 2.14. The molecule has 0 radical (unpaired) electrons. The summed E-state index contributed by atoms with van der Waals surface area (Å²) in [7, 11) is 0. The SMILES string of the molecule is O[14CH2]C(O)[14CH2]O. The van der Waals surface area contributed by atoms with Gasteiger partial charge in [-0.1, -0.05) is 0 Å². The van der Waals surface area contributed by atoms with Crippen LogP contribution in [0.5, 0.6) is 0 Å². The summed E-state index contributed by atoms with van der Waals surface area (Å²) in [6.45, 7) is -0.729. The fourth-order valence-corrected chi connectivity index (χ4v) is 0.0577. The fraction of sp³-hybridized carbons (Fsp3) is 1.00. The van der Waals surface area contributed by atoms with Crippen LogP contribution in [0.3, 0.4) is 0 Å². The molecule has 3 nitrogen and oxygen atoms in total. The van der Waals surface area contributed by atoms with Crippen molar-refractivity contribution in [3.63, 3.8) is 0 Å². The lowest BCUT2D eigenvalue weighted by Gasteiger charge is -1.96. The van der Waals surface area contributed by atoms with Crippen molar-refractivity contribution in [1.29, 1.82) is 0 Å². The van der Waals surface area contributed by atoms with E-state index in [-0.39, 0.29) is 13.2 Å². The van der Waals surface area contributed by atoms with E-state index in [0.717, 1.165) is 0 Å². The zero-order valence-corrected chi connectivity index (χ0v) is 3.33. The van der Waals surface area contributed by atoms with Crippen LogP contribution in [0.15, 0.2) is 0 Å². The van der Waals surface area contributed by atoms with Crippen LogP contribution in [-0.4, -0.2) is 34.6 Å². The summed E-state index contributed by atoms with van der Waals surface area (Å²) in [5.41, 5.74) is 0. The third-order valence-electron chi connectivity index (χ3n) is 0.421. The van der Waals surface area contributed by atoms with Gasteiger partial charge in [-0.15, -0.1) is 0 Å². The molecule has 3 heteroatoms. The molecule has 38 valence electrons. The number of hydrogen-bond donors (Lipinski definition) is 3. The van der Waals surface area contributed by atoms with E-state index in [2.05, 4.69) is 0 Å². The molecular formula is C3H8O3. The zero-order chi connectivity index (χ0) is 4.99. The Morgan fingerprint density at radius 3 is 1.50 bits per heavy atom. The number of aliphatic hydroxyl groups excluding tert-OH is 3. The van der Waals surface area contributed by atoms with Crippen molar-refractivity contribution in [3.05, 3.63) is 0 Å². The van der Waals surface area contributed by atoms with Gasteiger partial charge in [0.1, 0.15) is 6.10 Å². The van der Waals surface area contributed by atoms with Crippen LogP contribution in [0.25, 0.3) is 0 Å². The summed E-state index contributed by atoms with van der Waals surface area (Å²) >= 11 is 0. The summed E-state index contributed by atoms with van der Waals surface area (Å²) in [4.78, 5) is 0. The maximum atomic E-state index is 8.17. The summed E-state index contributed by atoms with van der Waals surface area (Å²) in [5.74, 6) is 0. The molecule has 0 atom stereocenters. The molecule has 0 saturated carbocycles. The molecule has 0 fully saturated rings. The first-order chi connectivity index (χ1) is 2.81. The molecule has 0 aliphatic carbocycles. The van der Waals surface area contributed by atoms with Crippen LogP contribution < -0.4 is 0 Å². The summed E-state index contributed by atoms with van der Waals surface area (Å²) < 4.78 is 0. The highest BCUT2D eigenvalue weighted by Gasteiger charge is 1.93. The molecule has 0 spiro atoms. The monoisotopic (exact) mass is 96.1 g/mol. The maximum Gasteiger partial charge on any atom is 0.100 e. The quantitative estimate of drug-likeness (QED) is 0.385. The number of rotatable bonds is 2. The molecule has 0 amide bonds. The summed E-state index contributed by atoms with van der Waals surface area (Å²) in [5, 5.41) is 24.0. The standard InChI is InChI=1S/C3H8O3/c4-1-3(6)2-5/h3-6H,1-2H2/i1+2,2+2. The normalized spacial score (nSPS) is 10.0. The van der Waals surface area contributed by atoms with Gasteiger partial charge in [0.05, 0.1) is 13.2 Å². The lowest BCUT2D eigenvalue weighted by Crippen LogP contribution is -2.15. The zero-order valence-electron chi connectivity index (χ0n) is 3.33. The number of hydrogen-bond acceptors (Lipinski definition) is 3. The largest absolute Gasteiger partial charge is 0.394 e. The Balaban J connectivity index is 2.75. The van der Waals surface area contributed by atoms with E-state index in [4.69, 9.17) is 15.3 Å². The van der Waals surface area contributed by atoms with Crippen LogP contribution in [0.2, 0.25) is 0 Å². The van der Waals surface area contributed by atoms with Crippen molar-refractivity contribution in [2.75, 3.05) is 13.2 Å². The van der Waals surface area contributed by atoms with Gasteiger partial charge in [-0.3, -0.25) is 0 Å². The van der Waals surface area contributed by atoms with Crippen molar-refractivity contribution in [1.82, 2.24) is 0 Å². The van der Waals surface area contributed by atoms with Gasteiger partial charge in [0.25, 0.3) is 0 Å². The van der Waals surface area contributed by atoms with Gasteiger partial charge in [0.15, 0.2) is 0 Å². The molecule has 0 saturated heterocycles. The van der Waals surface area contributed by atoms with Crippen molar-refractivity contribution in [2.24, 2.45) is 0 Å². The first-order valence-corrected chi connectivity index (χ1v) is 1.71. The number of aliphatic hydroxyl groups is 3. The third-order valence-corrected chi connectivity index (χ3v) is 0.421. The molecule has 0 aliphatic rings. The minimum Gasteiger partial charge on any atom is -0.394 e. The molecule has 0 aromatic heterocycles. The molecule has 0 aromatic rings. The van der Waals surface area contributed by atoms with Crippen molar-refractivity contribution in [2.45, 2.75) is 6.10 Å². The molecule has 0 rings (SSSR count). The lowest BCUT2D eigenvalue weighted by atomic mass is 11.1. The molecule has 0 aliphatic heterocycles. The Bertz CT molecular complexity index is 25.2. The van der Waals surface area contributed by atoms with Gasteiger partial charge < -0.3 is 15.3 Å². The van der Waals surface area contributed by atoms with E-state index in [1.54, 1.807) is 0 Å². The van der Waals surface area contributed by atoms with Crippen LogP contribution in [0, 0.1) is 0 Å². The molecule has 6 heavy (non-hydrogen) atoms. The van der Waals surface area contributed by atoms with Crippen LogP contribution >= 0.6 is 0 Å². The summed E-state index contributed by atoms with van der Waals surface area (Å²) in [6.07, 6.45) is -0.954. The lowest BCUT2D eigenvalue weighted by molar-refractivity contribution is 0.0450. The average molecular weight is 96.1 g/mol. The van der Waals surface area contributed by atoms with Gasteiger partial charge in [0, 0.05) is 0 Å². The fourth-order valence-electron chi connectivity index (χ4n) is 0.0577. The molecule has 0 bridgehead atoms. The van der Waals surface area contributed by atoms with E-state index < -0.39 is 6.10 Å². The van der Waals surface area contributed by atoms with E-state index >= 15 is 0 Å². The van der Waals surface area contributed by atoms with Crippen LogP contribution in [0.4, 0.5) is 0 Å². The van der Waals surface area contributed by atoms with E-state index in [0.29, 0.717) is 0 Å². The minimum atomic E-state index is -0.954. The van der Waals surface area contributed by atoms with Crippen LogP contribution in [-0.2, 0) is 0 Å². The smallest absolute Gasteiger partial charge is 0.100 e. The highest BCUT2D eigenvalue weighted by atomic mass is 16.6.